The van der Waals surface area contributed by atoms with Crippen LogP contribution in [0.1, 0.15) is 32.4 Å². The second kappa shape index (κ2) is 4.52. The molecule has 0 fully saturated rings. The van der Waals surface area contributed by atoms with Gasteiger partial charge in [0.25, 0.3) is 0 Å². The maximum Gasteiger partial charge on any atom is 0.220 e. The van der Waals surface area contributed by atoms with Crippen molar-refractivity contribution >= 4 is 10.0 Å². The summed E-state index contributed by atoms with van der Waals surface area (Å²) in [5, 5.41) is 0. The van der Waals surface area contributed by atoms with Crippen LogP contribution in [-0.4, -0.2) is 24.0 Å². The van der Waals surface area contributed by atoms with E-state index in [1.807, 2.05) is 42.5 Å². The molecule has 0 spiro atoms. The third-order valence-corrected chi connectivity index (χ3v) is 5.68. The SMILES string of the molecule is CC(C)(C)S(=O)(=O)N1CC=C[C@H]1c1ccccc1. The molecule has 1 aliphatic heterocycles. The van der Waals surface area contributed by atoms with Crippen LogP contribution in [0.5, 0.6) is 0 Å². The minimum atomic E-state index is -3.30. The van der Waals surface area contributed by atoms with Crippen LogP contribution in [0.3, 0.4) is 0 Å². The topological polar surface area (TPSA) is 37.4 Å². The van der Waals surface area contributed by atoms with Crippen LogP contribution < -0.4 is 0 Å². The van der Waals surface area contributed by atoms with E-state index in [0.717, 1.165) is 5.56 Å². The third kappa shape index (κ3) is 2.22. The molecular weight excluding hydrogens is 246 g/mol. The van der Waals surface area contributed by atoms with Gasteiger partial charge in [-0.15, -0.1) is 0 Å². The van der Waals surface area contributed by atoms with Crippen LogP contribution >= 0.6 is 0 Å². The average Bonchev–Trinajstić information content (AvgIpc) is 2.78. The maximum atomic E-state index is 12.5. The Morgan fingerprint density at radius 2 is 1.78 bits per heavy atom. The fraction of sp³-hybridized carbons (Fsp3) is 0.429. The average molecular weight is 265 g/mol. The molecule has 0 unspecified atom stereocenters. The molecule has 1 aromatic rings. The lowest BCUT2D eigenvalue weighted by atomic mass is 10.1. The highest BCUT2D eigenvalue weighted by Crippen LogP contribution is 2.33. The molecule has 2 rings (SSSR count). The van der Waals surface area contributed by atoms with Crippen molar-refractivity contribution in [3.05, 3.63) is 48.0 Å². The van der Waals surface area contributed by atoms with Crippen LogP contribution in [0.4, 0.5) is 0 Å². The molecule has 0 aliphatic carbocycles. The van der Waals surface area contributed by atoms with Gasteiger partial charge in [0.2, 0.25) is 10.0 Å². The molecule has 1 atom stereocenters. The van der Waals surface area contributed by atoms with Crippen LogP contribution in [0.25, 0.3) is 0 Å². The van der Waals surface area contributed by atoms with Crippen LogP contribution in [0, 0.1) is 0 Å². The van der Waals surface area contributed by atoms with Gasteiger partial charge in [-0.1, -0.05) is 42.5 Å². The van der Waals surface area contributed by atoms with Gasteiger partial charge in [0.15, 0.2) is 0 Å². The first-order valence-corrected chi connectivity index (χ1v) is 7.51. The lowest BCUT2D eigenvalue weighted by Gasteiger charge is -2.31. The monoisotopic (exact) mass is 265 g/mol. The summed E-state index contributed by atoms with van der Waals surface area (Å²) in [5.74, 6) is 0. The van der Waals surface area contributed by atoms with Gasteiger partial charge < -0.3 is 0 Å². The predicted octanol–water partition coefficient (Wildman–Crippen LogP) is 2.73. The number of benzene rings is 1. The number of hydrogen-bond donors (Lipinski definition) is 0. The number of nitrogens with zero attached hydrogens (tertiary/aromatic N) is 1. The van der Waals surface area contributed by atoms with E-state index in [4.69, 9.17) is 0 Å². The van der Waals surface area contributed by atoms with Crippen molar-refractivity contribution in [3.8, 4) is 0 Å². The van der Waals surface area contributed by atoms with Gasteiger partial charge in [-0.05, 0) is 26.3 Å². The third-order valence-electron chi connectivity index (χ3n) is 3.14. The van der Waals surface area contributed by atoms with Crippen LogP contribution in [0.2, 0.25) is 0 Å². The molecule has 98 valence electrons. The fourth-order valence-electron chi connectivity index (χ4n) is 2.03. The van der Waals surface area contributed by atoms with Gasteiger partial charge in [0.05, 0.1) is 10.8 Å². The van der Waals surface area contributed by atoms with E-state index >= 15 is 0 Å². The largest absolute Gasteiger partial charge is 0.220 e. The summed E-state index contributed by atoms with van der Waals surface area (Å²) in [5.41, 5.74) is 1.01. The van der Waals surface area contributed by atoms with E-state index in [1.165, 1.54) is 0 Å². The van der Waals surface area contributed by atoms with Gasteiger partial charge in [0, 0.05) is 6.54 Å². The Labute approximate surface area is 109 Å². The van der Waals surface area contributed by atoms with Gasteiger partial charge in [-0.2, -0.15) is 4.31 Å². The van der Waals surface area contributed by atoms with Crippen molar-refractivity contribution in [1.82, 2.24) is 4.31 Å². The van der Waals surface area contributed by atoms with Crippen LogP contribution in [0.15, 0.2) is 42.5 Å². The van der Waals surface area contributed by atoms with Gasteiger partial charge in [-0.25, -0.2) is 8.42 Å². The van der Waals surface area contributed by atoms with E-state index in [-0.39, 0.29) is 6.04 Å². The molecule has 4 heteroatoms. The predicted molar refractivity (Wildman–Crippen MR) is 73.7 cm³/mol. The quantitative estimate of drug-likeness (QED) is 0.771. The minimum Gasteiger partial charge on any atom is -0.212 e. The number of hydrogen-bond acceptors (Lipinski definition) is 2. The smallest absolute Gasteiger partial charge is 0.212 e. The number of rotatable bonds is 2. The van der Waals surface area contributed by atoms with Crippen molar-refractivity contribution < 1.29 is 8.42 Å². The zero-order chi connectivity index (χ0) is 13.4. The zero-order valence-corrected chi connectivity index (χ0v) is 11.8. The summed E-state index contributed by atoms with van der Waals surface area (Å²) in [6.07, 6.45) is 3.87. The molecule has 0 amide bonds. The molecular formula is C14H19NO2S. The number of sulfonamides is 1. The molecule has 0 radical (unpaired) electrons. The molecule has 0 aromatic heterocycles. The van der Waals surface area contributed by atoms with E-state index in [1.54, 1.807) is 25.1 Å². The Morgan fingerprint density at radius 1 is 1.17 bits per heavy atom. The van der Waals surface area contributed by atoms with Gasteiger partial charge in [0.1, 0.15) is 0 Å². The standard InChI is InChI=1S/C14H19NO2S/c1-14(2,3)18(16,17)15-11-7-10-13(15)12-8-5-4-6-9-12/h4-10,13H,11H2,1-3H3/t13-/m0/s1. The molecule has 18 heavy (non-hydrogen) atoms. The maximum absolute atomic E-state index is 12.5. The second-order valence-electron chi connectivity index (χ2n) is 5.47. The summed E-state index contributed by atoms with van der Waals surface area (Å²) in [4.78, 5) is 0. The fourth-order valence-corrected chi connectivity index (χ4v) is 3.51. The minimum absolute atomic E-state index is 0.171. The van der Waals surface area contributed by atoms with Crippen molar-refractivity contribution in [3.63, 3.8) is 0 Å². The molecule has 1 heterocycles. The Hall–Kier alpha value is -1.13. The highest BCUT2D eigenvalue weighted by atomic mass is 32.2. The van der Waals surface area contributed by atoms with Gasteiger partial charge >= 0.3 is 0 Å². The van der Waals surface area contributed by atoms with Crippen LogP contribution in [-0.2, 0) is 10.0 Å². The normalized spacial score (nSPS) is 21.4. The summed E-state index contributed by atoms with van der Waals surface area (Å²) >= 11 is 0. The first-order valence-electron chi connectivity index (χ1n) is 6.07. The van der Waals surface area contributed by atoms with Crippen molar-refractivity contribution in [2.24, 2.45) is 0 Å². The van der Waals surface area contributed by atoms with E-state index in [2.05, 4.69) is 0 Å². The summed E-state index contributed by atoms with van der Waals surface area (Å²) < 4.78 is 25.8. The highest BCUT2D eigenvalue weighted by molar-refractivity contribution is 7.90. The second-order valence-corrected chi connectivity index (χ2v) is 8.11. The first-order chi connectivity index (χ1) is 8.34. The van der Waals surface area contributed by atoms with Crippen molar-refractivity contribution in [2.75, 3.05) is 6.54 Å². The Kier molecular flexibility index (Phi) is 3.34. The summed E-state index contributed by atoms with van der Waals surface area (Å²) in [6.45, 7) is 5.67. The Balaban J connectivity index is 2.37. The van der Waals surface area contributed by atoms with E-state index < -0.39 is 14.8 Å². The molecule has 3 nitrogen and oxygen atoms in total. The molecule has 0 N–H and O–H groups in total. The molecule has 0 saturated heterocycles. The zero-order valence-electron chi connectivity index (χ0n) is 11.0. The van der Waals surface area contributed by atoms with E-state index in [9.17, 15) is 8.42 Å². The molecule has 1 aliphatic rings. The Morgan fingerprint density at radius 3 is 2.33 bits per heavy atom. The highest BCUT2D eigenvalue weighted by Gasteiger charge is 2.40. The van der Waals surface area contributed by atoms with E-state index in [0.29, 0.717) is 6.54 Å². The summed E-state index contributed by atoms with van der Waals surface area (Å²) in [6, 6.07) is 9.56. The van der Waals surface area contributed by atoms with Crippen molar-refractivity contribution in [1.29, 1.82) is 0 Å². The first kappa shape index (κ1) is 13.3. The Bertz CT molecular complexity index is 541. The summed E-state index contributed by atoms with van der Waals surface area (Å²) in [7, 11) is -3.30. The van der Waals surface area contributed by atoms with Crippen molar-refractivity contribution in [2.45, 2.75) is 31.6 Å². The molecule has 0 bridgehead atoms. The van der Waals surface area contributed by atoms with Gasteiger partial charge in [-0.3, -0.25) is 0 Å². The molecule has 1 aromatic carbocycles. The lowest BCUT2D eigenvalue weighted by Crippen LogP contribution is -2.42. The lowest BCUT2D eigenvalue weighted by molar-refractivity contribution is 0.400. The molecule has 0 saturated carbocycles.